The lowest BCUT2D eigenvalue weighted by molar-refractivity contribution is 0.441. The number of para-hydroxylation sites is 1. The Morgan fingerprint density at radius 1 is 1.26 bits per heavy atom. The molecular formula is C22H20N8O. The van der Waals surface area contributed by atoms with Crippen LogP contribution in [0.5, 0.6) is 11.8 Å². The van der Waals surface area contributed by atoms with E-state index in [1.165, 1.54) is 6.20 Å². The van der Waals surface area contributed by atoms with Gasteiger partial charge in [0.2, 0.25) is 0 Å². The molecule has 3 aromatic heterocycles. The van der Waals surface area contributed by atoms with Crippen LogP contribution in [0.1, 0.15) is 5.56 Å². The molecule has 6 rings (SSSR count). The Kier molecular flexibility index (Phi) is 3.79. The summed E-state index contributed by atoms with van der Waals surface area (Å²) in [7, 11) is 1.89. The van der Waals surface area contributed by atoms with Crippen LogP contribution in [0.4, 0.5) is 11.5 Å². The number of aromatic amines is 1. The third-order valence-corrected chi connectivity index (χ3v) is 6.33. The Morgan fingerprint density at radius 2 is 2.10 bits per heavy atom. The van der Waals surface area contributed by atoms with Crippen molar-refractivity contribution in [1.82, 2.24) is 19.9 Å². The molecule has 1 saturated carbocycles. The third kappa shape index (κ3) is 2.76. The zero-order valence-electron chi connectivity index (χ0n) is 16.8. The molecule has 2 fully saturated rings. The first-order valence-corrected chi connectivity index (χ1v) is 10.2. The van der Waals surface area contributed by atoms with Gasteiger partial charge in [0.1, 0.15) is 17.5 Å². The summed E-state index contributed by atoms with van der Waals surface area (Å²) in [6.45, 7) is 1.75. The molecule has 2 atom stereocenters. The molecule has 1 aromatic carbocycles. The molecular weight excluding hydrogens is 392 g/mol. The topological polar surface area (TPSA) is 129 Å². The lowest BCUT2D eigenvalue weighted by Gasteiger charge is -2.21. The fraction of sp³-hybridized carbons (Fsp3) is 0.273. The van der Waals surface area contributed by atoms with Crippen molar-refractivity contribution in [2.24, 2.45) is 17.6 Å². The molecule has 4 aromatic rings. The van der Waals surface area contributed by atoms with Crippen LogP contribution in [0.2, 0.25) is 0 Å². The predicted octanol–water partition coefficient (Wildman–Crippen LogP) is 2.61. The van der Waals surface area contributed by atoms with E-state index >= 15 is 0 Å². The Hall–Kier alpha value is -3.90. The lowest BCUT2D eigenvalue weighted by Crippen LogP contribution is -2.29. The molecule has 4 N–H and O–H groups in total. The highest BCUT2D eigenvalue weighted by Gasteiger charge is 2.54. The minimum atomic E-state index is 0.210. The van der Waals surface area contributed by atoms with E-state index in [-0.39, 0.29) is 6.01 Å². The molecule has 2 aliphatic rings. The third-order valence-electron chi connectivity index (χ3n) is 6.33. The normalized spacial score (nSPS) is 21.8. The molecule has 2 unspecified atom stereocenters. The molecule has 1 aliphatic carbocycles. The van der Waals surface area contributed by atoms with Crippen molar-refractivity contribution in [2.75, 3.05) is 30.4 Å². The second kappa shape index (κ2) is 6.55. The van der Waals surface area contributed by atoms with Gasteiger partial charge in [-0.3, -0.25) is 4.98 Å². The summed E-state index contributed by atoms with van der Waals surface area (Å²) in [6, 6.07) is 10.3. The number of nitriles is 1. The summed E-state index contributed by atoms with van der Waals surface area (Å²) in [5, 5.41) is 14.4. The van der Waals surface area contributed by atoms with Crippen molar-refractivity contribution in [3.63, 3.8) is 0 Å². The number of piperidine rings is 1. The van der Waals surface area contributed by atoms with E-state index in [4.69, 9.17) is 20.7 Å². The molecule has 9 heteroatoms. The van der Waals surface area contributed by atoms with Gasteiger partial charge in [-0.05, 0) is 17.9 Å². The number of anilines is 2. The number of hydrogen-bond donors (Lipinski definition) is 3. The second-order valence-electron chi connectivity index (χ2n) is 8.09. The maximum atomic E-state index is 9.13. The van der Waals surface area contributed by atoms with Crippen LogP contribution in [0, 0.1) is 23.2 Å². The summed E-state index contributed by atoms with van der Waals surface area (Å²) in [4.78, 5) is 19.2. The highest BCUT2D eigenvalue weighted by molar-refractivity contribution is 6.14. The number of nitrogens with zero attached hydrogens (tertiary/aromatic N) is 5. The van der Waals surface area contributed by atoms with E-state index in [1.807, 2.05) is 19.2 Å². The van der Waals surface area contributed by atoms with Crippen LogP contribution in [0.25, 0.3) is 21.9 Å². The number of nitrogens with two attached hydrogens (primary N) is 1. The van der Waals surface area contributed by atoms with Crippen LogP contribution in [0.15, 0.2) is 36.7 Å². The average molecular weight is 412 g/mol. The second-order valence-corrected chi connectivity index (χ2v) is 8.09. The number of nitrogens with one attached hydrogen (secondary N) is 2. The number of hydrogen-bond acceptors (Lipinski definition) is 8. The summed E-state index contributed by atoms with van der Waals surface area (Å²) >= 11 is 0. The first-order valence-electron chi connectivity index (χ1n) is 10.2. The van der Waals surface area contributed by atoms with Crippen molar-refractivity contribution < 1.29 is 4.74 Å². The molecule has 9 nitrogen and oxygen atoms in total. The minimum Gasteiger partial charge on any atom is -0.422 e. The van der Waals surface area contributed by atoms with Crippen molar-refractivity contribution in [2.45, 2.75) is 6.04 Å². The van der Waals surface area contributed by atoms with Gasteiger partial charge in [-0.2, -0.15) is 15.2 Å². The Balaban J connectivity index is 1.51. The van der Waals surface area contributed by atoms with Crippen LogP contribution in [-0.2, 0) is 0 Å². The standard InChI is InChI=1S/C22H20N8O/c1-25-16-4-2-3-13-17-20(27-19(13)16)28-22(31-12-5-11(6-23)7-26-8-12)29-21(17)30-9-14-15(10-30)18(14)24/h2-5,7-8,14-15,18,25H,9-10,24H2,1H3,(H,27,28,29). The highest BCUT2D eigenvalue weighted by Crippen LogP contribution is 2.47. The SMILES string of the molecule is CNc1cccc2c1[nH]c1nc(Oc3cncc(C#N)c3)nc(N3CC4C(N)C4C3)c12. The van der Waals surface area contributed by atoms with Crippen molar-refractivity contribution in [3.8, 4) is 17.8 Å². The molecule has 4 heterocycles. The number of ether oxygens (including phenoxy) is 1. The van der Waals surface area contributed by atoms with E-state index in [2.05, 4.69) is 37.3 Å². The van der Waals surface area contributed by atoms with E-state index in [9.17, 15) is 0 Å². The van der Waals surface area contributed by atoms with Gasteiger partial charge in [-0.1, -0.05) is 12.1 Å². The molecule has 1 aliphatic heterocycles. The van der Waals surface area contributed by atoms with Gasteiger partial charge in [0.15, 0.2) is 5.75 Å². The summed E-state index contributed by atoms with van der Waals surface area (Å²) in [5.74, 6) is 2.29. The Morgan fingerprint density at radius 3 is 2.87 bits per heavy atom. The van der Waals surface area contributed by atoms with Gasteiger partial charge in [-0.15, -0.1) is 0 Å². The Labute approximate surface area is 177 Å². The zero-order chi connectivity index (χ0) is 21.1. The summed E-state index contributed by atoms with van der Waals surface area (Å²) < 4.78 is 5.92. The molecule has 31 heavy (non-hydrogen) atoms. The summed E-state index contributed by atoms with van der Waals surface area (Å²) in [5.41, 5.74) is 9.24. The fourth-order valence-corrected chi connectivity index (χ4v) is 4.65. The van der Waals surface area contributed by atoms with Gasteiger partial charge < -0.3 is 25.7 Å². The number of H-pyrrole nitrogens is 1. The summed E-state index contributed by atoms with van der Waals surface area (Å²) in [6.07, 6.45) is 3.03. The largest absolute Gasteiger partial charge is 0.422 e. The van der Waals surface area contributed by atoms with Crippen LogP contribution < -0.4 is 20.7 Å². The van der Waals surface area contributed by atoms with E-state index in [0.717, 1.165) is 40.9 Å². The first-order chi connectivity index (χ1) is 15.2. The lowest BCUT2D eigenvalue weighted by atomic mass is 10.1. The first kappa shape index (κ1) is 17.9. The Bertz CT molecular complexity index is 1360. The zero-order valence-corrected chi connectivity index (χ0v) is 16.8. The molecule has 0 radical (unpaired) electrons. The van der Waals surface area contributed by atoms with E-state index in [1.54, 1.807) is 12.3 Å². The van der Waals surface area contributed by atoms with Gasteiger partial charge >= 0.3 is 6.01 Å². The number of benzene rings is 1. The molecule has 0 bridgehead atoms. The number of rotatable bonds is 4. The van der Waals surface area contributed by atoms with Crippen molar-refractivity contribution >= 4 is 33.4 Å². The van der Waals surface area contributed by atoms with E-state index in [0.29, 0.717) is 34.8 Å². The minimum absolute atomic E-state index is 0.210. The molecule has 1 saturated heterocycles. The van der Waals surface area contributed by atoms with Crippen LogP contribution in [-0.4, -0.2) is 46.1 Å². The van der Waals surface area contributed by atoms with Crippen LogP contribution >= 0.6 is 0 Å². The van der Waals surface area contributed by atoms with Gasteiger partial charge in [0, 0.05) is 43.8 Å². The maximum absolute atomic E-state index is 9.13. The van der Waals surface area contributed by atoms with Gasteiger partial charge in [0.25, 0.3) is 0 Å². The quantitative estimate of drug-likeness (QED) is 0.466. The number of pyridine rings is 1. The molecule has 0 amide bonds. The monoisotopic (exact) mass is 412 g/mol. The van der Waals surface area contributed by atoms with Gasteiger partial charge in [-0.25, -0.2) is 0 Å². The predicted molar refractivity (Wildman–Crippen MR) is 117 cm³/mol. The number of aromatic nitrogens is 4. The van der Waals surface area contributed by atoms with Crippen LogP contribution in [0.3, 0.4) is 0 Å². The van der Waals surface area contributed by atoms with Crippen molar-refractivity contribution in [3.05, 3.63) is 42.2 Å². The fourth-order valence-electron chi connectivity index (χ4n) is 4.65. The highest BCUT2D eigenvalue weighted by atomic mass is 16.5. The smallest absolute Gasteiger partial charge is 0.326 e. The molecule has 0 spiro atoms. The van der Waals surface area contributed by atoms with E-state index < -0.39 is 0 Å². The molecule has 154 valence electrons. The van der Waals surface area contributed by atoms with Gasteiger partial charge in [0.05, 0.1) is 28.4 Å². The van der Waals surface area contributed by atoms with Crippen molar-refractivity contribution in [1.29, 1.82) is 5.26 Å². The maximum Gasteiger partial charge on any atom is 0.326 e. The number of fused-ring (bicyclic) bond motifs is 4. The average Bonchev–Trinajstić information content (AvgIpc) is 3.15.